The van der Waals surface area contributed by atoms with Gasteiger partial charge in [-0.15, -0.1) is 0 Å². The molecule has 0 fully saturated rings. The largest absolute Gasteiger partial charge is 0.493 e. The summed E-state index contributed by atoms with van der Waals surface area (Å²) in [4.78, 5) is 10.7. The third-order valence-electron chi connectivity index (χ3n) is 5.82. The van der Waals surface area contributed by atoms with Crippen LogP contribution in [0.4, 0.5) is 13.2 Å². The number of hydrogen-bond acceptors (Lipinski definition) is 2. The van der Waals surface area contributed by atoms with Crippen molar-refractivity contribution in [3.8, 4) is 5.75 Å². The van der Waals surface area contributed by atoms with Crippen molar-refractivity contribution in [3.63, 3.8) is 0 Å². The Morgan fingerprint density at radius 3 is 2.16 bits per heavy atom. The molecule has 0 spiro atoms. The van der Waals surface area contributed by atoms with E-state index in [1.165, 1.54) is 19.1 Å². The molecule has 0 aliphatic heterocycles. The van der Waals surface area contributed by atoms with Crippen LogP contribution in [0.15, 0.2) is 42.0 Å². The molecule has 0 aromatic heterocycles. The highest BCUT2D eigenvalue weighted by Gasteiger charge is 2.41. The maximum Gasteiger partial charge on any atom is 0.417 e. The summed E-state index contributed by atoms with van der Waals surface area (Å²) in [6.07, 6.45) is 1.69. The molecule has 0 saturated carbocycles. The van der Waals surface area contributed by atoms with E-state index in [-0.39, 0.29) is 28.7 Å². The fourth-order valence-electron chi connectivity index (χ4n) is 3.96. The Bertz CT molecular complexity index is 932. The number of hydrogen-bond donors (Lipinski definition) is 1. The van der Waals surface area contributed by atoms with Crippen molar-refractivity contribution in [2.24, 2.45) is 0 Å². The molecule has 2 rings (SSSR count). The van der Waals surface area contributed by atoms with Crippen LogP contribution < -0.4 is 4.74 Å². The highest BCUT2D eigenvalue weighted by Crippen LogP contribution is 2.50. The molecule has 0 radical (unpaired) electrons. The number of fused-ring (bicyclic) bond motifs is 1. The number of rotatable bonds is 6. The van der Waals surface area contributed by atoms with E-state index in [1.807, 2.05) is 0 Å². The molecule has 0 bridgehead atoms. The van der Waals surface area contributed by atoms with E-state index in [2.05, 4.69) is 27.7 Å². The van der Waals surface area contributed by atoms with Crippen molar-refractivity contribution in [3.05, 3.63) is 58.7 Å². The van der Waals surface area contributed by atoms with Gasteiger partial charge in [-0.3, -0.25) is 0 Å². The number of halogens is 3. The van der Waals surface area contributed by atoms with E-state index >= 15 is 0 Å². The molecular formula is C25H31F3O3. The van der Waals surface area contributed by atoms with E-state index in [4.69, 9.17) is 9.84 Å². The van der Waals surface area contributed by atoms with Crippen LogP contribution in [0.1, 0.15) is 71.1 Å². The number of allylic oxidation sites excluding steroid dienone is 5. The second kappa shape index (κ2) is 8.93. The van der Waals surface area contributed by atoms with Crippen LogP contribution in [0.25, 0.3) is 5.57 Å². The highest BCUT2D eigenvalue weighted by atomic mass is 19.4. The second-order valence-corrected chi connectivity index (χ2v) is 9.26. The summed E-state index contributed by atoms with van der Waals surface area (Å²) in [5.74, 6) is -0.942. The zero-order chi connectivity index (χ0) is 23.6. The number of carboxylic acid groups (broad SMARTS) is 1. The van der Waals surface area contributed by atoms with Crippen molar-refractivity contribution < 1.29 is 27.8 Å². The van der Waals surface area contributed by atoms with Crippen molar-refractivity contribution in [2.75, 3.05) is 6.61 Å². The molecule has 1 aromatic carbocycles. The Morgan fingerprint density at radius 1 is 1.13 bits per heavy atom. The van der Waals surface area contributed by atoms with Gasteiger partial charge >= 0.3 is 12.1 Å². The van der Waals surface area contributed by atoms with Crippen LogP contribution in [0.3, 0.4) is 0 Å². The van der Waals surface area contributed by atoms with Gasteiger partial charge in [-0.25, -0.2) is 4.79 Å². The molecule has 0 heterocycles. The first-order valence-electron chi connectivity index (χ1n) is 10.4. The lowest BCUT2D eigenvalue weighted by atomic mass is 9.62. The van der Waals surface area contributed by atoms with E-state index in [0.717, 1.165) is 36.1 Å². The fraction of sp³-hybridized carbons (Fsp3) is 0.480. The molecule has 0 atom stereocenters. The molecule has 0 amide bonds. The van der Waals surface area contributed by atoms with Crippen molar-refractivity contribution in [1.82, 2.24) is 0 Å². The van der Waals surface area contributed by atoms with Gasteiger partial charge in [0.15, 0.2) is 0 Å². The quantitative estimate of drug-likeness (QED) is 0.387. The maximum atomic E-state index is 14.1. The monoisotopic (exact) mass is 436 g/mol. The Labute approximate surface area is 182 Å². The standard InChI is InChI=1S/C25H31F3O3/c1-7-31-21-15-20-19(23(3,4)11-12-24(20,5)6)14-17(21)18(25(26,27)28)10-8-9-16(2)13-22(29)30/h8-10,13-15H,7,11-12H2,1-6H3,(H,29,30)/b9-8-,16-13+,18-10-. The summed E-state index contributed by atoms with van der Waals surface area (Å²) in [5.41, 5.74) is 1.04. The van der Waals surface area contributed by atoms with E-state index < -0.39 is 17.7 Å². The van der Waals surface area contributed by atoms with Crippen molar-refractivity contribution >= 4 is 11.5 Å². The third-order valence-corrected chi connectivity index (χ3v) is 5.82. The minimum Gasteiger partial charge on any atom is -0.493 e. The van der Waals surface area contributed by atoms with Gasteiger partial charge in [-0.1, -0.05) is 39.8 Å². The molecule has 31 heavy (non-hydrogen) atoms. The summed E-state index contributed by atoms with van der Waals surface area (Å²) in [7, 11) is 0. The average molecular weight is 437 g/mol. The van der Waals surface area contributed by atoms with Gasteiger partial charge in [-0.2, -0.15) is 13.2 Å². The predicted octanol–water partition coefficient (Wildman–Crippen LogP) is 6.97. The first-order valence-corrected chi connectivity index (χ1v) is 10.4. The van der Waals surface area contributed by atoms with Gasteiger partial charge < -0.3 is 9.84 Å². The molecule has 170 valence electrons. The van der Waals surface area contributed by atoms with Gasteiger partial charge in [0, 0.05) is 11.6 Å². The van der Waals surface area contributed by atoms with E-state index in [9.17, 15) is 18.0 Å². The maximum absolute atomic E-state index is 14.1. The summed E-state index contributed by atoms with van der Waals surface area (Å²) in [5, 5.41) is 8.78. The molecule has 1 aromatic rings. The smallest absolute Gasteiger partial charge is 0.417 e. The van der Waals surface area contributed by atoms with Crippen LogP contribution in [-0.2, 0) is 15.6 Å². The Balaban J connectivity index is 2.72. The lowest BCUT2D eigenvalue weighted by molar-refractivity contribution is -0.131. The van der Waals surface area contributed by atoms with Crippen molar-refractivity contribution in [2.45, 2.75) is 71.4 Å². The van der Waals surface area contributed by atoms with Gasteiger partial charge in [0.1, 0.15) is 5.75 Å². The average Bonchev–Trinajstić information content (AvgIpc) is 2.61. The van der Waals surface area contributed by atoms with Crippen LogP contribution in [-0.4, -0.2) is 23.9 Å². The number of ether oxygens (including phenoxy) is 1. The van der Waals surface area contributed by atoms with Gasteiger partial charge in [0.2, 0.25) is 0 Å². The molecule has 0 saturated heterocycles. The molecule has 3 nitrogen and oxygen atoms in total. The van der Waals surface area contributed by atoms with Crippen LogP contribution in [0.5, 0.6) is 5.75 Å². The number of carboxylic acids is 1. The lowest BCUT2D eigenvalue weighted by Crippen LogP contribution is -2.34. The van der Waals surface area contributed by atoms with Gasteiger partial charge in [0.25, 0.3) is 0 Å². The molecule has 1 aliphatic rings. The lowest BCUT2D eigenvalue weighted by Gasteiger charge is -2.42. The Hall–Kier alpha value is -2.50. The fourth-order valence-corrected chi connectivity index (χ4v) is 3.96. The first-order chi connectivity index (χ1) is 14.2. The van der Waals surface area contributed by atoms with E-state index in [0.29, 0.717) is 5.57 Å². The topological polar surface area (TPSA) is 46.5 Å². The number of carbonyl (C=O) groups is 1. The zero-order valence-electron chi connectivity index (χ0n) is 19.0. The molecule has 1 aliphatic carbocycles. The minimum absolute atomic E-state index is 0.00314. The summed E-state index contributed by atoms with van der Waals surface area (Å²) < 4.78 is 47.9. The molecular weight excluding hydrogens is 405 g/mol. The Kier molecular flexibility index (Phi) is 7.14. The molecule has 1 N–H and O–H groups in total. The normalized spacial score (nSPS) is 18.7. The van der Waals surface area contributed by atoms with Crippen molar-refractivity contribution in [1.29, 1.82) is 0 Å². The summed E-state index contributed by atoms with van der Waals surface area (Å²) >= 11 is 0. The van der Waals surface area contributed by atoms with Gasteiger partial charge in [0.05, 0.1) is 12.2 Å². The first kappa shape index (κ1) is 24.8. The predicted molar refractivity (Wildman–Crippen MR) is 117 cm³/mol. The summed E-state index contributed by atoms with van der Waals surface area (Å²) in [6, 6.07) is 3.41. The number of alkyl halides is 3. The number of benzene rings is 1. The third kappa shape index (κ3) is 5.81. The molecule has 6 heteroatoms. The highest BCUT2D eigenvalue weighted by molar-refractivity contribution is 5.81. The Morgan fingerprint density at radius 2 is 1.68 bits per heavy atom. The van der Waals surface area contributed by atoms with E-state index in [1.54, 1.807) is 19.1 Å². The van der Waals surface area contributed by atoms with Gasteiger partial charge in [-0.05, 0) is 72.4 Å². The van der Waals surface area contributed by atoms with Crippen LogP contribution in [0.2, 0.25) is 0 Å². The second-order valence-electron chi connectivity index (χ2n) is 9.26. The molecule has 0 unspecified atom stereocenters. The van der Waals surface area contributed by atoms with Crippen LogP contribution >= 0.6 is 0 Å². The zero-order valence-corrected chi connectivity index (χ0v) is 19.0. The summed E-state index contributed by atoms with van der Waals surface area (Å²) in [6.45, 7) is 11.8. The minimum atomic E-state index is -4.61. The van der Waals surface area contributed by atoms with Crippen LogP contribution in [0, 0.1) is 0 Å². The SMILES string of the molecule is CCOc1cc2c(cc1/C(=C/C=C\C(C)=C\C(=O)O)C(F)(F)F)C(C)(C)CCC2(C)C. The number of aliphatic carboxylic acids is 1.